The third kappa shape index (κ3) is 3.86. The zero-order valence-electron chi connectivity index (χ0n) is 14.8. The Kier molecular flexibility index (Phi) is 5.17. The van der Waals surface area contributed by atoms with Gasteiger partial charge in [-0.05, 0) is 34.0 Å². The molecule has 132 valence electrons. The maximum absolute atomic E-state index is 13.0. The van der Waals surface area contributed by atoms with Crippen molar-refractivity contribution in [1.82, 2.24) is 0 Å². The van der Waals surface area contributed by atoms with Crippen molar-refractivity contribution in [2.75, 3.05) is 0 Å². The van der Waals surface area contributed by atoms with E-state index in [1.807, 2.05) is 42.5 Å². The Morgan fingerprint density at radius 3 is 2.19 bits per heavy atom. The molecule has 2 heteroatoms. The fourth-order valence-electron chi connectivity index (χ4n) is 3.59. The summed E-state index contributed by atoms with van der Waals surface area (Å²) < 4.78 is 0.979. The Hall–Kier alpha value is -2.71. The van der Waals surface area contributed by atoms with Crippen LogP contribution in [0.15, 0.2) is 102 Å². The van der Waals surface area contributed by atoms with Crippen LogP contribution in [0.5, 0.6) is 0 Å². The van der Waals surface area contributed by atoms with Gasteiger partial charge in [0, 0.05) is 22.4 Å². The van der Waals surface area contributed by atoms with Crippen molar-refractivity contribution in [2.24, 2.45) is 0 Å². The molecule has 4 rings (SSSR count). The highest BCUT2D eigenvalue weighted by Crippen LogP contribution is 2.34. The summed E-state index contributed by atoms with van der Waals surface area (Å²) in [6.45, 7) is 0. The number of fused-ring (bicyclic) bond motifs is 1. The van der Waals surface area contributed by atoms with E-state index in [4.69, 9.17) is 0 Å². The maximum Gasteiger partial charge on any atom is 0.163 e. The molecule has 0 saturated carbocycles. The van der Waals surface area contributed by atoms with Crippen LogP contribution in [0.1, 0.15) is 33.8 Å². The summed E-state index contributed by atoms with van der Waals surface area (Å²) in [4.78, 5) is 13.0. The molecule has 0 aromatic heterocycles. The number of ketones is 1. The Bertz CT molecular complexity index is 1060. The van der Waals surface area contributed by atoms with E-state index >= 15 is 0 Å². The average molecular weight is 415 g/mol. The molecule has 1 atom stereocenters. The molecule has 0 bridgehead atoms. The number of benzene rings is 4. The lowest BCUT2D eigenvalue weighted by Gasteiger charge is -2.20. The average Bonchev–Trinajstić information content (AvgIpc) is 2.73. The van der Waals surface area contributed by atoms with Crippen molar-refractivity contribution >= 4 is 32.5 Å². The molecule has 0 heterocycles. The Morgan fingerprint density at radius 1 is 0.741 bits per heavy atom. The summed E-state index contributed by atoms with van der Waals surface area (Å²) in [5.41, 5.74) is 3.11. The molecule has 0 amide bonds. The van der Waals surface area contributed by atoms with Gasteiger partial charge in [0.1, 0.15) is 0 Å². The lowest BCUT2D eigenvalue weighted by Crippen LogP contribution is -2.09. The van der Waals surface area contributed by atoms with Crippen LogP contribution < -0.4 is 0 Å². The van der Waals surface area contributed by atoms with Gasteiger partial charge in [-0.15, -0.1) is 0 Å². The number of hydrogen-bond donors (Lipinski definition) is 0. The van der Waals surface area contributed by atoms with Gasteiger partial charge in [-0.25, -0.2) is 0 Å². The van der Waals surface area contributed by atoms with Crippen molar-refractivity contribution in [2.45, 2.75) is 12.3 Å². The first-order valence-electron chi connectivity index (χ1n) is 9.04. The molecule has 0 radical (unpaired) electrons. The van der Waals surface area contributed by atoms with Crippen LogP contribution in [0.3, 0.4) is 0 Å². The van der Waals surface area contributed by atoms with E-state index in [2.05, 4.69) is 70.5 Å². The van der Waals surface area contributed by atoms with Crippen LogP contribution in [0, 0.1) is 0 Å². The van der Waals surface area contributed by atoms with Crippen LogP contribution in [-0.2, 0) is 0 Å². The van der Waals surface area contributed by atoms with Crippen LogP contribution in [0.4, 0.5) is 0 Å². The van der Waals surface area contributed by atoms with Crippen LogP contribution in [0.2, 0.25) is 0 Å². The minimum absolute atomic E-state index is 0.0217. The topological polar surface area (TPSA) is 17.1 Å². The van der Waals surface area contributed by atoms with E-state index in [0.29, 0.717) is 6.42 Å². The van der Waals surface area contributed by atoms with Gasteiger partial charge in [0.15, 0.2) is 5.78 Å². The SMILES string of the molecule is O=C(CC(c1ccccc1)c1cccc2ccccc12)c1ccc(Br)cc1. The largest absolute Gasteiger partial charge is 0.294 e. The minimum atomic E-state index is 0.0217. The van der Waals surface area contributed by atoms with Crippen molar-refractivity contribution in [1.29, 1.82) is 0 Å². The molecule has 27 heavy (non-hydrogen) atoms. The second-order valence-electron chi connectivity index (χ2n) is 6.67. The standard InChI is InChI=1S/C25H19BrO/c26-21-15-13-20(14-16-21)25(27)17-24(19-7-2-1-3-8-19)23-12-6-10-18-9-4-5-11-22(18)23/h1-16,24H,17H2. The molecule has 0 saturated heterocycles. The molecular formula is C25H19BrO. The van der Waals surface area contributed by atoms with E-state index in [0.717, 1.165) is 10.0 Å². The van der Waals surface area contributed by atoms with Crippen LogP contribution in [0.25, 0.3) is 10.8 Å². The summed E-state index contributed by atoms with van der Waals surface area (Å²) in [6.07, 6.45) is 0.444. The third-order valence-electron chi connectivity index (χ3n) is 4.96. The smallest absolute Gasteiger partial charge is 0.163 e. The predicted molar refractivity (Wildman–Crippen MR) is 115 cm³/mol. The molecule has 0 fully saturated rings. The van der Waals surface area contributed by atoms with Gasteiger partial charge in [-0.1, -0.05) is 101 Å². The van der Waals surface area contributed by atoms with Crippen molar-refractivity contribution in [3.05, 3.63) is 118 Å². The summed E-state index contributed by atoms with van der Waals surface area (Å²) in [5.74, 6) is 0.178. The highest BCUT2D eigenvalue weighted by Gasteiger charge is 2.21. The molecule has 1 unspecified atom stereocenters. The number of carbonyl (C=O) groups is 1. The quantitative estimate of drug-likeness (QED) is 0.321. The summed E-state index contributed by atoms with van der Waals surface area (Å²) in [6, 6.07) is 32.7. The van der Waals surface area contributed by atoms with Crippen LogP contribution >= 0.6 is 15.9 Å². The minimum Gasteiger partial charge on any atom is -0.294 e. The highest BCUT2D eigenvalue weighted by molar-refractivity contribution is 9.10. The van der Waals surface area contributed by atoms with E-state index in [1.165, 1.54) is 21.9 Å². The van der Waals surface area contributed by atoms with Gasteiger partial charge >= 0.3 is 0 Å². The van der Waals surface area contributed by atoms with E-state index in [-0.39, 0.29) is 11.7 Å². The molecule has 4 aromatic rings. The molecule has 0 aliphatic rings. The number of hydrogen-bond acceptors (Lipinski definition) is 1. The second-order valence-corrected chi connectivity index (χ2v) is 7.58. The zero-order chi connectivity index (χ0) is 18.6. The first kappa shape index (κ1) is 17.7. The Labute approximate surface area is 167 Å². The fourth-order valence-corrected chi connectivity index (χ4v) is 3.85. The number of carbonyl (C=O) groups excluding carboxylic acids is 1. The third-order valence-corrected chi connectivity index (χ3v) is 5.49. The van der Waals surface area contributed by atoms with Gasteiger partial charge in [0.05, 0.1) is 0 Å². The van der Waals surface area contributed by atoms with Gasteiger partial charge in [-0.3, -0.25) is 4.79 Å². The van der Waals surface area contributed by atoms with Crippen LogP contribution in [-0.4, -0.2) is 5.78 Å². The molecular weight excluding hydrogens is 396 g/mol. The highest BCUT2D eigenvalue weighted by atomic mass is 79.9. The number of rotatable bonds is 5. The Morgan fingerprint density at radius 2 is 1.41 bits per heavy atom. The van der Waals surface area contributed by atoms with Crippen molar-refractivity contribution in [3.63, 3.8) is 0 Å². The van der Waals surface area contributed by atoms with Gasteiger partial charge in [-0.2, -0.15) is 0 Å². The molecule has 0 aliphatic carbocycles. The van der Waals surface area contributed by atoms with Crippen molar-refractivity contribution < 1.29 is 4.79 Å². The molecule has 4 aromatic carbocycles. The monoisotopic (exact) mass is 414 g/mol. The molecule has 0 N–H and O–H groups in total. The first-order chi connectivity index (χ1) is 13.2. The van der Waals surface area contributed by atoms with Gasteiger partial charge in [0.2, 0.25) is 0 Å². The number of halogens is 1. The fraction of sp³-hybridized carbons (Fsp3) is 0.0800. The maximum atomic E-state index is 13.0. The molecule has 0 spiro atoms. The van der Waals surface area contributed by atoms with Crippen molar-refractivity contribution in [3.8, 4) is 0 Å². The van der Waals surface area contributed by atoms with E-state index in [1.54, 1.807) is 0 Å². The zero-order valence-corrected chi connectivity index (χ0v) is 16.4. The van der Waals surface area contributed by atoms with Gasteiger partial charge in [0.25, 0.3) is 0 Å². The normalized spacial score (nSPS) is 12.0. The van der Waals surface area contributed by atoms with E-state index in [9.17, 15) is 4.79 Å². The van der Waals surface area contributed by atoms with Gasteiger partial charge < -0.3 is 0 Å². The summed E-state index contributed by atoms with van der Waals surface area (Å²) in [5, 5.41) is 2.41. The predicted octanol–water partition coefficient (Wildman–Crippen LogP) is 7.01. The molecule has 1 nitrogen and oxygen atoms in total. The lowest BCUT2D eigenvalue weighted by molar-refractivity contribution is 0.0978. The molecule has 0 aliphatic heterocycles. The Balaban J connectivity index is 1.78. The second kappa shape index (κ2) is 7.89. The number of Topliss-reactive ketones (excluding diaryl/α,β-unsaturated/α-hetero) is 1. The lowest BCUT2D eigenvalue weighted by atomic mass is 9.83. The summed E-state index contributed by atoms with van der Waals surface area (Å²) in [7, 11) is 0. The first-order valence-corrected chi connectivity index (χ1v) is 9.83. The van der Waals surface area contributed by atoms with E-state index < -0.39 is 0 Å². The summed E-state index contributed by atoms with van der Waals surface area (Å²) >= 11 is 3.43.